The summed E-state index contributed by atoms with van der Waals surface area (Å²) in [7, 11) is 1.60. The molecule has 0 spiro atoms. The van der Waals surface area contributed by atoms with Gasteiger partial charge in [0.1, 0.15) is 6.61 Å². The minimum atomic E-state index is -0.142. The third-order valence-corrected chi connectivity index (χ3v) is 7.39. The highest BCUT2D eigenvalue weighted by molar-refractivity contribution is 14.1. The van der Waals surface area contributed by atoms with Crippen LogP contribution in [0.2, 0.25) is 0 Å². The van der Waals surface area contributed by atoms with Gasteiger partial charge in [-0.15, -0.1) is 0 Å². The Kier molecular flexibility index (Phi) is 7.55. The van der Waals surface area contributed by atoms with Crippen molar-refractivity contribution in [2.24, 2.45) is 0 Å². The Morgan fingerprint density at radius 1 is 1.09 bits per heavy atom. The zero-order chi connectivity index (χ0) is 22.7. The number of amides is 1. The summed E-state index contributed by atoms with van der Waals surface area (Å²) in [6.45, 7) is 0.425. The summed E-state index contributed by atoms with van der Waals surface area (Å²) in [5, 5.41) is 0. The quantitative estimate of drug-likeness (QED) is 0.165. The van der Waals surface area contributed by atoms with E-state index in [4.69, 9.17) is 21.7 Å². The van der Waals surface area contributed by atoms with E-state index >= 15 is 0 Å². The molecular weight excluding hydrogens is 621 g/mol. The van der Waals surface area contributed by atoms with Gasteiger partial charge in [0, 0.05) is 8.04 Å². The minimum Gasteiger partial charge on any atom is -0.493 e. The van der Waals surface area contributed by atoms with Crippen LogP contribution in [0.3, 0.4) is 0 Å². The highest BCUT2D eigenvalue weighted by atomic mass is 127. The summed E-state index contributed by atoms with van der Waals surface area (Å²) in [6.07, 6.45) is 1.82. The van der Waals surface area contributed by atoms with E-state index in [-0.39, 0.29) is 5.91 Å². The number of anilines is 1. The van der Waals surface area contributed by atoms with Gasteiger partial charge in [-0.1, -0.05) is 70.2 Å². The van der Waals surface area contributed by atoms with E-state index in [9.17, 15) is 4.79 Å². The summed E-state index contributed by atoms with van der Waals surface area (Å²) in [4.78, 5) is 15.1. The van der Waals surface area contributed by atoms with Crippen LogP contribution < -0.4 is 14.4 Å². The van der Waals surface area contributed by atoms with Crippen LogP contribution in [0.1, 0.15) is 11.1 Å². The fourth-order valence-electron chi connectivity index (χ4n) is 3.08. The first kappa shape index (κ1) is 23.3. The van der Waals surface area contributed by atoms with Gasteiger partial charge >= 0.3 is 0 Å². The van der Waals surface area contributed by atoms with Gasteiger partial charge in [0.05, 0.1) is 17.7 Å². The Morgan fingerprint density at radius 2 is 1.81 bits per heavy atom. The molecule has 162 valence electrons. The van der Waals surface area contributed by atoms with E-state index in [0.29, 0.717) is 27.3 Å². The number of para-hydroxylation sites is 1. The molecular formula is C24H17BrINO3S2. The van der Waals surface area contributed by atoms with Gasteiger partial charge in [0.15, 0.2) is 15.8 Å². The Labute approximate surface area is 218 Å². The highest BCUT2D eigenvalue weighted by Crippen LogP contribution is 2.39. The lowest BCUT2D eigenvalue weighted by Crippen LogP contribution is -2.27. The first-order valence-electron chi connectivity index (χ1n) is 9.54. The lowest BCUT2D eigenvalue weighted by atomic mass is 10.1. The predicted octanol–water partition coefficient (Wildman–Crippen LogP) is 7.05. The Bertz CT molecular complexity index is 1200. The third-order valence-electron chi connectivity index (χ3n) is 4.69. The molecule has 0 radical (unpaired) electrons. The summed E-state index contributed by atoms with van der Waals surface area (Å²) in [5.74, 6) is 1.06. The zero-order valence-electron chi connectivity index (χ0n) is 16.9. The topological polar surface area (TPSA) is 38.8 Å². The van der Waals surface area contributed by atoms with E-state index in [1.807, 2.05) is 72.8 Å². The molecule has 1 heterocycles. The third kappa shape index (κ3) is 5.19. The SMILES string of the molecule is COc1cc(/C=C2/SC(=S)N(c3ccccc3)C2=O)c(Br)cc1OCc1ccc(I)cc1. The second kappa shape index (κ2) is 10.4. The molecule has 0 aliphatic carbocycles. The fraction of sp³-hybridized carbons (Fsp3) is 0.0833. The van der Waals surface area contributed by atoms with Crippen molar-refractivity contribution in [3.63, 3.8) is 0 Å². The number of rotatable bonds is 6. The van der Waals surface area contributed by atoms with Crippen LogP contribution in [-0.2, 0) is 11.4 Å². The van der Waals surface area contributed by atoms with Crippen molar-refractivity contribution in [3.05, 3.63) is 90.8 Å². The second-order valence-electron chi connectivity index (χ2n) is 6.79. The molecule has 1 aliphatic rings. The number of benzene rings is 3. The number of thiocarbonyl (C=S) groups is 1. The number of thioether (sulfide) groups is 1. The summed E-state index contributed by atoms with van der Waals surface area (Å²) in [5.41, 5.74) is 2.63. The minimum absolute atomic E-state index is 0.142. The standard InChI is InChI=1S/C24H17BrINO3S2/c1-29-20-11-16(19(25)13-21(20)30-14-15-7-9-17(26)10-8-15)12-22-23(28)27(24(31)32-22)18-5-3-2-4-6-18/h2-13H,14H2,1H3/b22-12+. The van der Waals surface area contributed by atoms with Crippen molar-refractivity contribution in [3.8, 4) is 11.5 Å². The molecule has 0 bridgehead atoms. The molecule has 3 aromatic rings. The molecule has 0 saturated carbocycles. The van der Waals surface area contributed by atoms with E-state index < -0.39 is 0 Å². The number of carbonyl (C=O) groups is 1. The average Bonchev–Trinajstić information content (AvgIpc) is 3.08. The molecule has 1 fully saturated rings. The van der Waals surface area contributed by atoms with Crippen LogP contribution in [0.15, 0.2) is 76.1 Å². The Morgan fingerprint density at radius 3 is 2.50 bits per heavy atom. The van der Waals surface area contributed by atoms with E-state index in [1.165, 1.54) is 15.3 Å². The normalized spacial score (nSPS) is 14.8. The van der Waals surface area contributed by atoms with Crippen LogP contribution in [0.5, 0.6) is 11.5 Å². The highest BCUT2D eigenvalue weighted by Gasteiger charge is 2.33. The summed E-state index contributed by atoms with van der Waals surface area (Å²) < 4.78 is 14.0. The number of ether oxygens (including phenoxy) is 2. The van der Waals surface area contributed by atoms with Crippen molar-refractivity contribution >= 4 is 84.5 Å². The molecule has 3 aromatic carbocycles. The average molecular weight is 638 g/mol. The van der Waals surface area contributed by atoms with Crippen LogP contribution in [0.4, 0.5) is 5.69 Å². The monoisotopic (exact) mass is 637 g/mol. The molecule has 1 aliphatic heterocycles. The maximum absolute atomic E-state index is 13.0. The number of hydrogen-bond acceptors (Lipinski definition) is 5. The van der Waals surface area contributed by atoms with Gasteiger partial charge in [-0.05, 0) is 76.2 Å². The van der Waals surface area contributed by atoms with Gasteiger partial charge in [0.2, 0.25) is 0 Å². The first-order valence-corrected chi connectivity index (χ1v) is 12.6. The van der Waals surface area contributed by atoms with E-state index in [1.54, 1.807) is 12.0 Å². The van der Waals surface area contributed by atoms with Gasteiger partial charge in [0.25, 0.3) is 5.91 Å². The Balaban J connectivity index is 1.57. The molecule has 0 unspecified atom stereocenters. The first-order chi connectivity index (χ1) is 15.5. The van der Waals surface area contributed by atoms with Crippen molar-refractivity contribution in [2.75, 3.05) is 12.0 Å². The number of methoxy groups -OCH3 is 1. The molecule has 4 rings (SSSR count). The molecule has 32 heavy (non-hydrogen) atoms. The lowest BCUT2D eigenvalue weighted by Gasteiger charge is -2.14. The van der Waals surface area contributed by atoms with Crippen LogP contribution >= 0.6 is 62.5 Å². The summed E-state index contributed by atoms with van der Waals surface area (Å²) >= 11 is 12.6. The molecule has 0 aromatic heterocycles. The maximum Gasteiger partial charge on any atom is 0.270 e. The van der Waals surface area contributed by atoms with Crippen molar-refractivity contribution in [2.45, 2.75) is 6.61 Å². The summed E-state index contributed by atoms with van der Waals surface area (Å²) in [6, 6.07) is 21.3. The largest absolute Gasteiger partial charge is 0.493 e. The molecule has 1 amide bonds. The van der Waals surface area contributed by atoms with E-state index in [2.05, 4.69) is 38.5 Å². The van der Waals surface area contributed by atoms with Crippen molar-refractivity contribution in [1.29, 1.82) is 0 Å². The van der Waals surface area contributed by atoms with Crippen LogP contribution in [-0.4, -0.2) is 17.3 Å². The predicted molar refractivity (Wildman–Crippen MR) is 146 cm³/mol. The Hall–Kier alpha value is -1.88. The molecule has 8 heteroatoms. The van der Waals surface area contributed by atoms with Crippen molar-refractivity contribution in [1.82, 2.24) is 0 Å². The van der Waals surface area contributed by atoms with Gasteiger partial charge in [-0.25, -0.2) is 0 Å². The second-order valence-corrected chi connectivity index (χ2v) is 10.6. The fourth-order valence-corrected chi connectivity index (χ4v) is 5.17. The van der Waals surface area contributed by atoms with Gasteiger partial charge in [-0.2, -0.15) is 0 Å². The van der Waals surface area contributed by atoms with Crippen LogP contribution in [0.25, 0.3) is 6.08 Å². The lowest BCUT2D eigenvalue weighted by molar-refractivity contribution is -0.113. The van der Waals surface area contributed by atoms with E-state index in [0.717, 1.165) is 21.3 Å². The number of halogens is 2. The molecule has 0 N–H and O–H groups in total. The molecule has 1 saturated heterocycles. The maximum atomic E-state index is 13.0. The van der Waals surface area contributed by atoms with Gasteiger partial charge < -0.3 is 9.47 Å². The molecule has 4 nitrogen and oxygen atoms in total. The van der Waals surface area contributed by atoms with Gasteiger partial charge in [-0.3, -0.25) is 9.69 Å². The molecule has 0 atom stereocenters. The van der Waals surface area contributed by atoms with Crippen LogP contribution in [0, 0.1) is 3.57 Å². The number of nitrogens with zero attached hydrogens (tertiary/aromatic N) is 1. The number of carbonyl (C=O) groups excluding carboxylic acids is 1. The van der Waals surface area contributed by atoms with Crippen molar-refractivity contribution < 1.29 is 14.3 Å². The zero-order valence-corrected chi connectivity index (χ0v) is 22.3. The number of hydrogen-bond donors (Lipinski definition) is 0. The smallest absolute Gasteiger partial charge is 0.270 e.